The molecule has 4 aliphatic rings. The molecule has 2 atom stereocenters. The Morgan fingerprint density at radius 1 is 0.723 bits per heavy atom. The summed E-state index contributed by atoms with van der Waals surface area (Å²) in [5.74, 6) is -0.916. The van der Waals surface area contributed by atoms with Crippen molar-refractivity contribution in [2.75, 3.05) is 22.9 Å². The lowest BCUT2D eigenvalue weighted by Gasteiger charge is -2.26. The summed E-state index contributed by atoms with van der Waals surface area (Å²) in [6, 6.07) is 16.8. The summed E-state index contributed by atoms with van der Waals surface area (Å²) in [5.41, 5.74) is -0.244. The van der Waals surface area contributed by atoms with E-state index in [4.69, 9.17) is 4.42 Å². The highest BCUT2D eigenvalue weighted by molar-refractivity contribution is 6.20. The fourth-order valence-corrected chi connectivity index (χ4v) is 6.29. The molecule has 3 aromatic rings. The summed E-state index contributed by atoms with van der Waals surface area (Å²) in [5, 5.41) is 25.6. The van der Waals surface area contributed by atoms with Gasteiger partial charge in [-0.25, -0.2) is 14.8 Å². The van der Waals surface area contributed by atoms with Crippen molar-refractivity contribution >= 4 is 35.0 Å². The lowest BCUT2D eigenvalue weighted by atomic mass is 10.0. The zero-order valence-corrected chi connectivity index (χ0v) is 25.7. The van der Waals surface area contributed by atoms with Crippen LogP contribution >= 0.6 is 0 Å². The number of hydrogen-bond donors (Lipinski definition) is 2. The molecule has 2 aliphatic heterocycles. The van der Waals surface area contributed by atoms with Gasteiger partial charge in [0.1, 0.15) is 10.8 Å². The van der Waals surface area contributed by atoms with Crippen molar-refractivity contribution in [3.05, 3.63) is 54.7 Å². The minimum Gasteiger partial charge on any atom is -0.436 e. The summed E-state index contributed by atoms with van der Waals surface area (Å²) in [7, 11) is 0. The number of aromatic nitrogens is 1. The summed E-state index contributed by atoms with van der Waals surface area (Å²) in [6.45, 7) is 1.40. The summed E-state index contributed by atoms with van der Waals surface area (Å²) in [4.78, 5) is 60.4. The Morgan fingerprint density at radius 3 is 1.55 bits per heavy atom. The average molecular weight is 632 g/mol. The van der Waals surface area contributed by atoms with Crippen molar-refractivity contribution in [1.29, 1.82) is 10.5 Å². The van der Waals surface area contributed by atoms with Crippen LogP contribution in [0.25, 0.3) is 22.8 Å². The van der Waals surface area contributed by atoms with Gasteiger partial charge < -0.3 is 15.1 Å². The molecule has 2 saturated carbocycles. The molecule has 1 aromatic heterocycles. The summed E-state index contributed by atoms with van der Waals surface area (Å²) >= 11 is 0. The predicted molar refractivity (Wildman–Crippen MR) is 169 cm³/mol. The first-order valence-corrected chi connectivity index (χ1v) is 16.0. The van der Waals surface area contributed by atoms with E-state index in [0.29, 0.717) is 85.8 Å². The predicted octanol–water partition coefficient (Wildman–Crippen LogP) is 3.84. The molecular formula is C35H33N7O5. The second kappa shape index (κ2) is 11.9. The molecule has 0 radical (unpaired) electrons. The third kappa shape index (κ3) is 5.50. The minimum absolute atomic E-state index is 0.317. The van der Waals surface area contributed by atoms with E-state index in [9.17, 15) is 29.7 Å². The number of amides is 4. The quantitative estimate of drug-likeness (QED) is 0.348. The maximum Gasteiger partial charge on any atom is 0.254 e. The molecule has 2 aromatic carbocycles. The highest BCUT2D eigenvalue weighted by Crippen LogP contribution is 2.48. The van der Waals surface area contributed by atoms with E-state index in [-0.39, 0.29) is 11.8 Å². The van der Waals surface area contributed by atoms with Crippen LogP contribution in [0.3, 0.4) is 0 Å². The normalized spacial score (nSPS) is 21.7. The molecule has 238 valence electrons. The van der Waals surface area contributed by atoms with Crippen LogP contribution in [0.15, 0.2) is 59.1 Å². The molecule has 47 heavy (non-hydrogen) atoms. The number of imide groups is 2. The fourth-order valence-electron chi connectivity index (χ4n) is 6.29. The third-order valence-electron chi connectivity index (χ3n) is 9.60. The summed E-state index contributed by atoms with van der Waals surface area (Å²) in [6.07, 6.45) is 6.25. The number of nitriles is 2. The van der Waals surface area contributed by atoms with Crippen molar-refractivity contribution in [2.24, 2.45) is 10.8 Å². The number of nitrogens with one attached hydrogen (secondary N) is 2. The highest BCUT2D eigenvalue weighted by Gasteiger charge is 2.55. The zero-order chi connectivity index (χ0) is 32.8. The Bertz CT molecular complexity index is 1680. The van der Waals surface area contributed by atoms with Crippen LogP contribution in [0.4, 0.5) is 11.4 Å². The van der Waals surface area contributed by atoms with Gasteiger partial charge in [0, 0.05) is 11.1 Å². The van der Waals surface area contributed by atoms with Gasteiger partial charge in [-0.05, 0) is 113 Å². The van der Waals surface area contributed by atoms with E-state index < -0.39 is 34.7 Å². The molecule has 2 aliphatic carbocycles. The van der Waals surface area contributed by atoms with Crippen LogP contribution in [0, 0.1) is 33.5 Å². The third-order valence-corrected chi connectivity index (χ3v) is 9.60. The van der Waals surface area contributed by atoms with Crippen molar-refractivity contribution in [1.82, 2.24) is 15.6 Å². The van der Waals surface area contributed by atoms with Gasteiger partial charge in [-0.1, -0.05) is 0 Å². The van der Waals surface area contributed by atoms with Gasteiger partial charge in [0.05, 0.1) is 41.8 Å². The summed E-state index contributed by atoms with van der Waals surface area (Å²) < 4.78 is 6.06. The van der Waals surface area contributed by atoms with Crippen LogP contribution in [0.5, 0.6) is 0 Å². The molecular weight excluding hydrogens is 598 g/mol. The van der Waals surface area contributed by atoms with E-state index in [0.717, 1.165) is 22.6 Å². The number of oxazole rings is 1. The monoisotopic (exact) mass is 631 g/mol. The van der Waals surface area contributed by atoms with Crippen LogP contribution in [0.1, 0.15) is 51.4 Å². The van der Waals surface area contributed by atoms with Gasteiger partial charge in [-0.15, -0.1) is 0 Å². The topological polar surface area (TPSA) is 172 Å². The largest absolute Gasteiger partial charge is 0.436 e. The fraction of sp³-hybridized carbons (Fsp3) is 0.400. The number of rotatable bonds is 8. The van der Waals surface area contributed by atoms with Crippen LogP contribution in [-0.4, -0.2) is 53.8 Å². The number of nitrogens with zero attached hydrogens (tertiary/aromatic N) is 5. The standard InChI is InChI=1S/C35H33N7O5/c36-20-34(13-14-34)32(45)41(30(43)26-3-1-17-38-26)24-9-5-22(6-10-24)28-19-40-29(47-28)23-7-11-25(12-8-23)42(31(44)27-4-2-18-39-27)33(46)35(21-37)15-16-35/h5-12,19,26-27,38-39H,1-4,13-18H2/t26-,27-/m0/s1. The van der Waals surface area contributed by atoms with Gasteiger partial charge in [0.25, 0.3) is 23.6 Å². The molecule has 0 spiro atoms. The van der Waals surface area contributed by atoms with Crippen LogP contribution in [0.2, 0.25) is 0 Å². The molecule has 0 bridgehead atoms. The Morgan fingerprint density at radius 2 is 1.17 bits per heavy atom. The molecule has 0 unspecified atom stereocenters. The average Bonchev–Trinajstić information content (AvgIpc) is 3.79. The van der Waals surface area contributed by atoms with Crippen molar-refractivity contribution in [3.8, 4) is 34.9 Å². The Kier molecular flexibility index (Phi) is 7.71. The lowest BCUT2D eigenvalue weighted by molar-refractivity contribution is -0.130. The number of carbonyl (C=O) groups excluding carboxylic acids is 4. The zero-order valence-electron chi connectivity index (χ0n) is 25.7. The van der Waals surface area contributed by atoms with Gasteiger partial charge in [0.15, 0.2) is 5.76 Å². The smallest absolute Gasteiger partial charge is 0.254 e. The Balaban J connectivity index is 1.11. The SMILES string of the molecule is N#CC1(C(=O)N(C(=O)[C@@H]2CCCN2)c2ccc(-c3cnc(-c4ccc(N(C(=O)[C@@H]5CCCN5)C(=O)C5(C#N)CC5)cc4)o3)cc2)CC1. The van der Waals surface area contributed by atoms with Crippen LogP contribution in [-0.2, 0) is 19.2 Å². The number of carbonyl (C=O) groups is 4. The first kappa shape index (κ1) is 30.5. The molecule has 2 saturated heterocycles. The second-order valence-electron chi connectivity index (χ2n) is 12.8. The first-order chi connectivity index (χ1) is 22.8. The van der Waals surface area contributed by atoms with E-state index in [2.05, 4.69) is 27.8 Å². The van der Waals surface area contributed by atoms with Gasteiger partial charge >= 0.3 is 0 Å². The first-order valence-electron chi connectivity index (χ1n) is 16.0. The van der Waals surface area contributed by atoms with Gasteiger partial charge in [-0.3, -0.25) is 19.2 Å². The number of benzene rings is 2. The molecule has 3 heterocycles. The second-order valence-corrected chi connectivity index (χ2v) is 12.8. The maximum absolute atomic E-state index is 13.4. The van der Waals surface area contributed by atoms with Gasteiger partial charge in [0.2, 0.25) is 5.89 Å². The van der Waals surface area contributed by atoms with E-state index in [1.54, 1.807) is 54.7 Å². The Labute approximate surface area is 271 Å². The van der Waals surface area contributed by atoms with Crippen molar-refractivity contribution in [3.63, 3.8) is 0 Å². The Hall–Kier alpha value is -5.17. The van der Waals surface area contributed by atoms with E-state index >= 15 is 0 Å². The number of anilines is 2. The maximum atomic E-state index is 13.4. The molecule has 7 rings (SSSR count). The van der Waals surface area contributed by atoms with Crippen molar-refractivity contribution in [2.45, 2.75) is 63.5 Å². The molecule has 12 heteroatoms. The van der Waals surface area contributed by atoms with Crippen LogP contribution < -0.4 is 20.4 Å². The molecule has 12 nitrogen and oxygen atoms in total. The lowest BCUT2D eigenvalue weighted by Crippen LogP contribution is -2.49. The minimum atomic E-state index is -1.15. The van der Waals surface area contributed by atoms with E-state index in [1.807, 2.05) is 0 Å². The molecule has 2 N–H and O–H groups in total. The van der Waals surface area contributed by atoms with Crippen molar-refractivity contribution < 1.29 is 23.6 Å². The molecule has 4 fully saturated rings. The highest BCUT2D eigenvalue weighted by atomic mass is 16.4. The van der Waals surface area contributed by atoms with Gasteiger partial charge in [-0.2, -0.15) is 10.5 Å². The number of hydrogen-bond acceptors (Lipinski definition) is 10. The van der Waals surface area contributed by atoms with E-state index in [1.165, 1.54) is 0 Å². The molecule has 4 amide bonds.